The summed E-state index contributed by atoms with van der Waals surface area (Å²) in [5.41, 5.74) is 1.21. The van der Waals surface area contributed by atoms with Crippen molar-refractivity contribution in [1.82, 2.24) is 14.9 Å². The monoisotopic (exact) mass is 207 g/mol. The number of hydrogen-bond donors (Lipinski definition) is 1. The van der Waals surface area contributed by atoms with E-state index in [1.165, 1.54) is 31.6 Å². The summed E-state index contributed by atoms with van der Waals surface area (Å²) in [4.78, 5) is 4.43. The van der Waals surface area contributed by atoms with Gasteiger partial charge in [-0.25, -0.2) is 4.98 Å². The molecule has 0 spiro atoms. The molecule has 2 heterocycles. The van der Waals surface area contributed by atoms with Crippen LogP contribution in [0.4, 0.5) is 0 Å². The lowest BCUT2D eigenvalue weighted by Crippen LogP contribution is -2.29. The van der Waals surface area contributed by atoms with Crippen LogP contribution in [0.1, 0.15) is 38.3 Å². The van der Waals surface area contributed by atoms with Crippen LogP contribution in [-0.4, -0.2) is 22.6 Å². The fraction of sp³-hybridized carbons (Fsp3) is 0.750. The van der Waals surface area contributed by atoms with Gasteiger partial charge in [-0.05, 0) is 37.8 Å². The summed E-state index contributed by atoms with van der Waals surface area (Å²) in [6.45, 7) is 7.88. The number of imidazole rings is 1. The highest BCUT2D eigenvalue weighted by molar-refractivity contribution is 5.01. The highest BCUT2D eigenvalue weighted by Crippen LogP contribution is 2.16. The number of aromatic nitrogens is 2. The van der Waals surface area contributed by atoms with E-state index >= 15 is 0 Å². The van der Waals surface area contributed by atoms with E-state index in [4.69, 9.17) is 0 Å². The van der Waals surface area contributed by atoms with Gasteiger partial charge in [-0.2, -0.15) is 0 Å². The normalized spacial score (nSPS) is 18.6. The maximum absolute atomic E-state index is 4.43. The Kier molecular flexibility index (Phi) is 3.41. The number of hydrogen-bond acceptors (Lipinski definition) is 2. The molecule has 3 heteroatoms. The van der Waals surface area contributed by atoms with Crippen LogP contribution in [-0.2, 0) is 6.54 Å². The molecule has 0 atom stereocenters. The Balaban J connectivity index is 1.91. The van der Waals surface area contributed by atoms with Crippen molar-refractivity contribution in [3.63, 3.8) is 0 Å². The van der Waals surface area contributed by atoms with Crippen molar-refractivity contribution in [3.05, 3.63) is 18.2 Å². The van der Waals surface area contributed by atoms with Gasteiger partial charge in [0.2, 0.25) is 0 Å². The van der Waals surface area contributed by atoms with Crippen LogP contribution >= 0.6 is 0 Å². The van der Waals surface area contributed by atoms with Crippen LogP contribution in [0, 0.1) is 5.92 Å². The lowest BCUT2D eigenvalue weighted by molar-refractivity contribution is 0.333. The molecular formula is C12H21N3. The van der Waals surface area contributed by atoms with E-state index in [0.29, 0.717) is 5.92 Å². The van der Waals surface area contributed by atoms with Gasteiger partial charge >= 0.3 is 0 Å². The largest absolute Gasteiger partial charge is 0.337 e. The Morgan fingerprint density at radius 3 is 2.80 bits per heavy atom. The second-order valence-electron chi connectivity index (χ2n) is 4.84. The lowest BCUT2D eigenvalue weighted by Gasteiger charge is -2.22. The Bertz CT molecular complexity index is 298. The van der Waals surface area contributed by atoms with E-state index in [-0.39, 0.29) is 0 Å². The number of nitrogens with one attached hydrogen (secondary N) is 1. The molecule has 1 aromatic rings. The van der Waals surface area contributed by atoms with Crippen LogP contribution in [0.15, 0.2) is 12.5 Å². The van der Waals surface area contributed by atoms with Crippen molar-refractivity contribution in [1.29, 1.82) is 0 Å². The Morgan fingerprint density at radius 2 is 2.20 bits per heavy atom. The third-order valence-electron chi connectivity index (χ3n) is 3.17. The molecule has 0 unspecified atom stereocenters. The molecule has 0 saturated carbocycles. The minimum atomic E-state index is 0.541. The molecule has 84 valence electrons. The summed E-state index contributed by atoms with van der Waals surface area (Å²) >= 11 is 0. The lowest BCUT2D eigenvalue weighted by atomic mass is 9.98. The summed E-state index contributed by atoms with van der Waals surface area (Å²) in [5, 5.41) is 3.40. The molecule has 15 heavy (non-hydrogen) atoms. The van der Waals surface area contributed by atoms with E-state index in [1.807, 2.05) is 6.33 Å². The number of nitrogens with zero attached hydrogens (tertiary/aromatic N) is 2. The molecule has 0 radical (unpaired) electrons. The van der Waals surface area contributed by atoms with Crippen LogP contribution in [0.5, 0.6) is 0 Å². The molecule has 0 aromatic carbocycles. The molecule has 0 aliphatic carbocycles. The minimum Gasteiger partial charge on any atom is -0.337 e. The molecule has 1 aromatic heterocycles. The Morgan fingerprint density at radius 1 is 1.47 bits per heavy atom. The molecule has 3 nitrogen and oxygen atoms in total. The van der Waals surface area contributed by atoms with Gasteiger partial charge in [0, 0.05) is 12.7 Å². The van der Waals surface area contributed by atoms with E-state index in [9.17, 15) is 0 Å². The zero-order valence-corrected chi connectivity index (χ0v) is 9.74. The third kappa shape index (κ3) is 2.81. The first-order chi connectivity index (χ1) is 7.25. The van der Waals surface area contributed by atoms with E-state index < -0.39 is 0 Å². The van der Waals surface area contributed by atoms with Crippen molar-refractivity contribution in [2.45, 2.75) is 39.2 Å². The van der Waals surface area contributed by atoms with E-state index in [0.717, 1.165) is 12.5 Å². The molecular weight excluding hydrogens is 186 g/mol. The maximum Gasteiger partial charge on any atom is 0.0949 e. The SMILES string of the molecule is CC(C)c1cn(CC2CCNCC2)cn1. The quantitative estimate of drug-likeness (QED) is 0.821. The van der Waals surface area contributed by atoms with Crippen LogP contribution in [0.25, 0.3) is 0 Å². The smallest absolute Gasteiger partial charge is 0.0949 e. The van der Waals surface area contributed by atoms with Crippen molar-refractivity contribution < 1.29 is 0 Å². The molecule has 1 saturated heterocycles. The Hall–Kier alpha value is -0.830. The zero-order chi connectivity index (χ0) is 10.7. The molecule has 1 aliphatic rings. The Labute approximate surface area is 91.9 Å². The van der Waals surface area contributed by atoms with Crippen molar-refractivity contribution in [3.8, 4) is 0 Å². The molecule has 1 N–H and O–H groups in total. The first kappa shape index (κ1) is 10.7. The maximum atomic E-state index is 4.43. The van der Waals surface area contributed by atoms with Crippen LogP contribution in [0.3, 0.4) is 0 Å². The molecule has 1 fully saturated rings. The first-order valence-corrected chi connectivity index (χ1v) is 5.98. The van der Waals surface area contributed by atoms with Crippen molar-refractivity contribution in [2.24, 2.45) is 5.92 Å². The van der Waals surface area contributed by atoms with E-state index in [1.54, 1.807) is 0 Å². The van der Waals surface area contributed by atoms with Crippen LogP contribution < -0.4 is 5.32 Å². The van der Waals surface area contributed by atoms with E-state index in [2.05, 4.69) is 34.9 Å². The highest BCUT2D eigenvalue weighted by Gasteiger charge is 2.13. The second kappa shape index (κ2) is 4.79. The van der Waals surface area contributed by atoms with Gasteiger partial charge in [0.05, 0.1) is 12.0 Å². The summed E-state index contributed by atoms with van der Waals surface area (Å²) in [6.07, 6.45) is 6.79. The summed E-state index contributed by atoms with van der Waals surface area (Å²) < 4.78 is 2.26. The topological polar surface area (TPSA) is 29.9 Å². The molecule has 0 bridgehead atoms. The van der Waals surface area contributed by atoms with Gasteiger partial charge in [0.15, 0.2) is 0 Å². The molecule has 0 amide bonds. The fourth-order valence-corrected chi connectivity index (χ4v) is 2.14. The predicted octanol–water partition coefficient (Wildman–Crippen LogP) is 2.01. The van der Waals surface area contributed by atoms with Gasteiger partial charge in [0.1, 0.15) is 0 Å². The highest BCUT2D eigenvalue weighted by atomic mass is 15.0. The average Bonchev–Trinajstić information content (AvgIpc) is 2.68. The van der Waals surface area contributed by atoms with Gasteiger partial charge in [0.25, 0.3) is 0 Å². The van der Waals surface area contributed by atoms with Gasteiger partial charge in [-0.3, -0.25) is 0 Å². The fourth-order valence-electron chi connectivity index (χ4n) is 2.14. The van der Waals surface area contributed by atoms with Gasteiger partial charge < -0.3 is 9.88 Å². The summed E-state index contributed by atoms with van der Waals surface area (Å²) in [7, 11) is 0. The standard InChI is InChI=1S/C12H21N3/c1-10(2)12-8-15(9-14-12)7-11-3-5-13-6-4-11/h8-11,13H,3-7H2,1-2H3. The molecule has 1 aliphatic heterocycles. The minimum absolute atomic E-state index is 0.541. The van der Waals surface area contributed by atoms with Crippen molar-refractivity contribution >= 4 is 0 Å². The van der Waals surface area contributed by atoms with Gasteiger partial charge in [-0.1, -0.05) is 13.8 Å². The van der Waals surface area contributed by atoms with Gasteiger partial charge in [-0.15, -0.1) is 0 Å². The number of piperidine rings is 1. The predicted molar refractivity (Wildman–Crippen MR) is 61.9 cm³/mol. The zero-order valence-electron chi connectivity index (χ0n) is 9.74. The van der Waals surface area contributed by atoms with Crippen molar-refractivity contribution in [2.75, 3.05) is 13.1 Å². The average molecular weight is 207 g/mol. The summed E-state index contributed by atoms with van der Waals surface area (Å²) in [6, 6.07) is 0. The van der Waals surface area contributed by atoms with Crippen LogP contribution in [0.2, 0.25) is 0 Å². The number of rotatable bonds is 3. The second-order valence-corrected chi connectivity index (χ2v) is 4.84. The molecule has 2 rings (SSSR count). The summed E-state index contributed by atoms with van der Waals surface area (Å²) in [5.74, 6) is 1.37. The first-order valence-electron chi connectivity index (χ1n) is 5.98. The third-order valence-corrected chi connectivity index (χ3v) is 3.17.